The molecule has 33 heavy (non-hydrogen) atoms. The van der Waals surface area contributed by atoms with E-state index in [1.165, 1.54) is 11.1 Å². The first kappa shape index (κ1) is 22.8. The molecule has 6 nitrogen and oxygen atoms in total. The number of aryl methyl sites for hydroxylation is 3. The van der Waals surface area contributed by atoms with Crippen molar-refractivity contribution >= 4 is 11.8 Å². The van der Waals surface area contributed by atoms with Gasteiger partial charge in [-0.2, -0.15) is 0 Å². The third-order valence-electron chi connectivity index (χ3n) is 6.21. The van der Waals surface area contributed by atoms with Gasteiger partial charge in [-0.3, -0.25) is 4.79 Å². The van der Waals surface area contributed by atoms with Crippen molar-refractivity contribution in [2.75, 3.05) is 18.5 Å². The van der Waals surface area contributed by atoms with E-state index in [1.807, 2.05) is 25.3 Å². The van der Waals surface area contributed by atoms with Crippen LogP contribution in [0.3, 0.4) is 0 Å². The van der Waals surface area contributed by atoms with Gasteiger partial charge in [-0.25, -0.2) is 9.97 Å². The second kappa shape index (κ2) is 10.5. The average Bonchev–Trinajstić information content (AvgIpc) is 3.21. The molecule has 2 aromatic carbocycles. The highest BCUT2D eigenvalue weighted by atomic mass is 16.5. The highest BCUT2D eigenvalue weighted by Gasteiger charge is 2.24. The summed E-state index contributed by atoms with van der Waals surface area (Å²) in [6, 6.07) is 14.4. The van der Waals surface area contributed by atoms with Crippen LogP contribution in [0.5, 0.6) is 5.75 Å². The van der Waals surface area contributed by atoms with Crippen molar-refractivity contribution < 1.29 is 14.6 Å². The lowest BCUT2D eigenvalue weighted by Gasteiger charge is -2.12. The number of nitrogens with zero attached hydrogens (tertiary/aromatic N) is 2. The van der Waals surface area contributed by atoms with Gasteiger partial charge in [-0.05, 0) is 67.3 Å². The summed E-state index contributed by atoms with van der Waals surface area (Å²) in [5.74, 6) is 1.81. The zero-order valence-corrected chi connectivity index (χ0v) is 19.3. The van der Waals surface area contributed by atoms with Gasteiger partial charge in [-0.1, -0.05) is 37.3 Å². The molecule has 1 aliphatic carbocycles. The Morgan fingerprint density at radius 1 is 1.21 bits per heavy atom. The van der Waals surface area contributed by atoms with Crippen LogP contribution in [0.1, 0.15) is 54.4 Å². The molecule has 0 saturated heterocycles. The average molecular weight is 446 g/mol. The lowest BCUT2D eigenvalue weighted by atomic mass is 9.98. The molecule has 1 atom stereocenters. The molecule has 0 fully saturated rings. The first-order valence-corrected chi connectivity index (χ1v) is 11.7. The van der Waals surface area contributed by atoms with Crippen molar-refractivity contribution in [3.63, 3.8) is 0 Å². The molecule has 1 heterocycles. The van der Waals surface area contributed by atoms with Gasteiger partial charge in [-0.15, -0.1) is 0 Å². The summed E-state index contributed by atoms with van der Waals surface area (Å²) in [4.78, 5) is 20.2. The molecule has 172 valence electrons. The standard InChI is InChI=1S/C27H31N3O3/c1-3-19-5-7-20(8-6-19)27-29-17-18(2)26(30-27)28-13-4-14-33-23-11-12-24-21(15-23)9-10-22(24)16-25(31)32/h5-8,11-12,15,17,22H,3-4,9-10,13-14,16H2,1-2H3,(H,31,32)(H,28,29,30)/t22-/m0/s1. The van der Waals surface area contributed by atoms with Crippen LogP contribution in [0, 0.1) is 6.92 Å². The Morgan fingerprint density at radius 3 is 2.79 bits per heavy atom. The molecule has 0 bridgehead atoms. The number of anilines is 1. The molecule has 0 spiro atoms. The Morgan fingerprint density at radius 2 is 2.03 bits per heavy atom. The fourth-order valence-corrected chi connectivity index (χ4v) is 4.31. The topological polar surface area (TPSA) is 84.3 Å². The van der Waals surface area contributed by atoms with Crippen LogP contribution in [-0.2, 0) is 17.6 Å². The molecule has 0 saturated carbocycles. The summed E-state index contributed by atoms with van der Waals surface area (Å²) in [5, 5.41) is 12.5. The molecule has 1 aliphatic rings. The van der Waals surface area contributed by atoms with Crippen molar-refractivity contribution in [3.05, 3.63) is 70.9 Å². The summed E-state index contributed by atoms with van der Waals surface area (Å²) >= 11 is 0. The third-order valence-corrected chi connectivity index (χ3v) is 6.21. The summed E-state index contributed by atoms with van der Waals surface area (Å²) < 4.78 is 5.94. The largest absolute Gasteiger partial charge is 0.494 e. The molecule has 2 N–H and O–H groups in total. The van der Waals surface area contributed by atoms with E-state index in [-0.39, 0.29) is 12.3 Å². The maximum atomic E-state index is 11.0. The smallest absolute Gasteiger partial charge is 0.303 e. The minimum Gasteiger partial charge on any atom is -0.494 e. The summed E-state index contributed by atoms with van der Waals surface area (Å²) in [6.07, 6.45) is 5.73. The quantitative estimate of drug-likeness (QED) is 0.407. The Balaban J connectivity index is 1.28. The molecule has 1 aromatic heterocycles. The van der Waals surface area contributed by atoms with E-state index in [1.54, 1.807) is 0 Å². The number of fused-ring (bicyclic) bond motifs is 1. The number of carboxylic acids is 1. The van der Waals surface area contributed by atoms with Gasteiger partial charge in [0.2, 0.25) is 0 Å². The van der Waals surface area contributed by atoms with Gasteiger partial charge in [0.15, 0.2) is 5.82 Å². The fraction of sp³-hybridized carbons (Fsp3) is 0.370. The third kappa shape index (κ3) is 5.69. The lowest BCUT2D eigenvalue weighted by Crippen LogP contribution is -2.10. The number of hydrogen-bond acceptors (Lipinski definition) is 5. The first-order chi connectivity index (χ1) is 16.0. The van der Waals surface area contributed by atoms with Crippen LogP contribution in [0.4, 0.5) is 5.82 Å². The number of rotatable bonds is 10. The number of aliphatic carboxylic acids is 1. The Kier molecular flexibility index (Phi) is 7.23. The van der Waals surface area contributed by atoms with E-state index < -0.39 is 5.97 Å². The normalized spacial score (nSPS) is 14.7. The van der Waals surface area contributed by atoms with Crippen LogP contribution < -0.4 is 10.1 Å². The predicted molar refractivity (Wildman–Crippen MR) is 130 cm³/mol. The second-order valence-corrected chi connectivity index (χ2v) is 8.60. The van der Waals surface area contributed by atoms with Gasteiger partial charge >= 0.3 is 5.97 Å². The zero-order valence-electron chi connectivity index (χ0n) is 19.3. The molecule has 0 radical (unpaired) electrons. The molecule has 3 aromatic rings. The maximum absolute atomic E-state index is 11.0. The van der Waals surface area contributed by atoms with Crippen LogP contribution in [0.2, 0.25) is 0 Å². The van der Waals surface area contributed by atoms with Crippen molar-refractivity contribution in [1.29, 1.82) is 0 Å². The Labute approximate surface area is 195 Å². The molecule has 0 amide bonds. The van der Waals surface area contributed by atoms with Gasteiger partial charge < -0.3 is 15.2 Å². The molecular weight excluding hydrogens is 414 g/mol. The van der Waals surface area contributed by atoms with Crippen LogP contribution in [0.25, 0.3) is 11.4 Å². The van der Waals surface area contributed by atoms with E-state index in [0.29, 0.717) is 6.61 Å². The van der Waals surface area contributed by atoms with Gasteiger partial charge in [0, 0.05) is 23.9 Å². The molecule has 4 rings (SSSR count). The molecular formula is C27H31N3O3. The summed E-state index contributed by atoms with van der Waals surface area (Å²) in [6.45, 7) is 5.49. The van der Waals surface area contributed by atoms with Crippen LogP contribution in [-0.4, -0.2) is 34.2 Å². The number of carboxylic acid groups (broad SMARTS) is 1. The van der Waals surface area contributed by atoms with Crippen molar-refractivity contribution in [2.45, 2.75) is 51.9 Å². The van der Waals surface area contributed by atoms with Crippen molar-refractivity contribution in [2.24, 2.45) is 0 Å². The van der Waals surface area contributed by atoms with Crippen LogP contribution in [0.15, 0.2) is 48.7 Å². The van der Waals surface area contributed by atoms with Gasteiger partial charge in [0.05, 0.1) is 13.0 Å². The zero-order chi connectivity index (χ0) is 23.2. The summed E-state index contributed by atoms with van der Waals surface area (Å²) in [7, 11) is 0. The van der Waals surface area contributed by atoms with E-state index in [2.05, 4.69) is 47.6 Å². The minimum atomic E-state index is -0.735. The predicted octanol–water partition coefficient (Wildman–Crippen LogP) is 5.40. The molecule has 6 heteroatoms. The second-order valence-electron chi connectivity index (χ2n) is 8.60. The highest BCUT2D eigenvalue weighted by Crippen LogP contribution is 2.37. The van der Waals surface area contributed by atoms with E-state index >= 15 is 0 Å². The Hall–Kier alpha value is -3.41. The number of nitrogens with one attached hydrogen (secondary N) is 1. The fourth-order valence-electron chi connectivity index (χ4n) is 4.31. The summed E-state index contributed by atoms with van der Waals surface area (Å²) in [5.41, 5.74) is 5.70. The number of hydrogen-bond donors (Lipinski definition) is 2. The van der Waals surface area contributed by atoms with Crippen molar-refractivity contribution in [1.82, 2.24) is 9.97 Å². The monoisotopic (exact) mass is 445 g/mol. The molecule has 0 unspecified atom stereocenters. The number of aromatic nitrogens is 2. The maximum Gasteiger partial charge on any atom is 0.303 e. The number of carbonyl (C=O) groups is 1. The Bertz CT molecular complexity index is 1110. The van der Waals surface area contributed by atoms with Gasteiger partial charge in [0.25, 0.3) is 0 Å². The SMILES string of the molecule is CCc1ccc(-c2ncc(C)c(NCCCOc3ccc4c(c3)CC[C@H]4CC(=O)O)n2)cc1. The minimum absolute atomic E-state index is 0.126. The van der Waals surface area contributed by atoms with Gasteiger partial charge in [0.1, 0.15) is 11.6 Å². The number of ether oxygens (including phenoxy) is 1. The number of benzene rings is 2. The van der Waals surface area contributed by atoms with Crippen molar-refractivity contribution in [3.8, 4) is 17.1 Å². The first-order valence-electron chi connectivity index (χ1n) is 11.7. The van der Waals surface area contributed by atoms with E-state index in [0.717, 1.165) is 66.3 Å². The lowest BCUT2D eigenvalue weighted by molar-refractivity contribution is -0.137. The van der Waals surface area contributed by atoms with Crippen LogP contribution >= 0.6 is 0 Å². The highest BCUT2D eigenvalue weighted by molar-refractivity contribution is 5.68. The molecule has 0 aliphatic heterocycles. The van der Waals surface area contributed by atoms with E-state index in [4.69, 9.17) is 14.8 Å². The van der Waals surface area contributed by atoms with E-state index in [9.17, 15) is 4.79 Å².